The van der Waals surface area contributed by atoms with Crippen LogP contribution in [-0.4, -0.2) is 4.98 Å². The molecule has 2 rings (SSSR count). The van der Waals surface area contributed by atoms with Gasteiger partial charge in [-0.1, -0.05) is 12.1 Å². The Bertz CT molecular complexity index is 547. The zero-order valence-electron chi connectivity index (χ0n) is 8.30. The number of hydrogen-bond donors (Lipinski definition) is 0. The summed E-state index contributed by atoms with van der Waals surface area (Å²) in [6.07, 6.45) is -7.30. The van der Waals surface area contributed by atoms with Crippen molar-refractivity contribution in [1.29, 1.82) is 0 Å². The molecule has 0 amide bonds. The predicted octanol–water partition coefficient (Wildman–Crippen LogP) is 4.19. The standard InChI is InChI=1S/C11H6F5N/c12-10(13)8-4-2-6-1-3-7(11(14,15)16)5-9(6)17-8/h1-5,10H. The summed E-state index contributed by atoms with van der Waals surface area (Å²) in [5.41, 5.74) is -1.52. The van der Waals surface area contributed by atoms with Gasteiger partial charge < -0.3 is 0 Å². The van der Waals surface area contributed by atoms with Crippen molar-refractivity contribution in [2.75, 3.05) is 0 Å². The summed E-state index contributed by atoms with van der Waals surface area (Å²) in [6.45, 7) is 0. The van der Waals surface area contributed by atoms with Gasteiger partial charge >= 0.3 is 6.18 Å². The number of rotatable bonds is 1. The Hall–Kier alpha value is -1.72. The van der Waals surface area contributed by atoms with Crippen LogP contribution in [0.4, 0.5) is 22.0 Å². The fourth-order valence-corrected chi connectivity index (χ4v) is 1.43. The molecule has 0 radical (unpaired) electrons. The van der Waals surface area contributed by atoms with Gasteiger partial charge in [0.1, 0.15) is 5.69 Å². The lowest BCUT2D eigenvalue weighted by atomic mass is 10.1. The van der Waals surface area contributed by atoms with E-state index in [-0.39, 0.29) is 5.52 Å². The van der Waals surface area contributed by atoms with Crippen LogP contribution in [0.1, 0.15) is 17.7 Å². The van der Waals surface area contributed by atoms with E-state index < -0.39 is 23.9 Å². The van der Waals surface area contributed by atoms with Gasteiger partial charge in [0, 0.05) is 5.39 Å². The van der Waals surface area contributed by atoms with Gasteiger partial charge in [0.25, 0.3) is 6.43 Å². The second kappa shape index (κ2) is 3.94. The van der Waals surface area contributed by atoms with E-state index in [9.17, 15) is 22.0 Å². The van der Waals surface area contributed by atoms with Crippen molar-refractivity contribution in [3.8, 4) is 0 Å². The minimum atomic E-state index is -4.50. The first kappa shape index (κ1) is 11.8. The van der Waals surface area contributed by atoms with Gasteiger partial charge in [-0.2, -0.15) is 13.2 Å². The molecule has 17 heavy (non-hydrogen) atoms. The normalized spacial score (nSPS) is 12.4. The zero-order valence-corrected chi connectivity index (χ0v) is 8.30. The summed E-state index contributed by atoms with van der Waals surface area (Å²) >= 11 is 0. The Labute approximate surface area is 92.9 Å². The van der Waals surface area contributed by atoms with E-state index in [0.717, 1.165) is 18.2 Å². The predicted molar refractivity (Wildman–Crippen MR) is 51.7 cm³/mol. The van der Waals surface area contributed by atoms with Crippen LogP contribution in [-0.2, 0) is 6.18 Å². The summed E-state index contributed by atoms with van der Waals surface area (Å²) < 4.78 is 61.9. The smallest absolute Gasteiger partial charge is 0.247 e. The third-order valence-corrected chi connectivity index (χ3v) is 2.26. The first-order chi connectivity index (χ1) is 7.88. The van der Waals surface area contributed by atoms with Crippen LogP contribution in [0.3, 0.4) is 0 Å². The molecule has 0 aliphatic rings. The molecule has 1 nitrogen and oxygen atoms in total. The van der Waals surface area contributed by atoms with E-state index in [1.165, 1.54) is 12.1 Å². The number of alkyl halides is 5. The van der Waals surface area contributed by atoms with Crippen LogP contribution < -0.4 is 0 Å². The number of nitrogens with zero attached hydrogens (tertiary/aromatic N) is 1. The molecule has 0 fully saturated rings. The van der Waals surface area contributed by atoms with Gasteiger partial charge in [0.05, 0.1) is 11.1 Å². The molecule has 2 aromatic rings. The highest BCUT2D eigenvalue weighted by Crippen LogP contribution is 2.31. The molecular weight excluding hydrogens is 241 g/mol. The van der Waals surface area contributed by atoms with Crippen LogP contribution in [0.25, 0.3) is 10.9 Å². The third kappa shape index (κ3) is 2.35. The second-order valence-corrected chi connectivity index (χ2v) is 3.44. The van der Waals surface area contributed by atoms with E-state index in [0.29, 0.717) is 5.39 Å². The molecule has 0 aliphatic carbocycles. The van der Waals surface area contributed by atoms with Crippen molar-refractivity contribution in [3.63, 3.8) is 0 Å². The largest absolute Gasteiger partial charge is 0.416 e. The Kier molecular flexibility index (Phi) is 2.73. The minimum absolute atomic E-state index is 0.0855. The summed E-state index contributed by atoms with van der Waals surface area (Å²) in [4.78, 5) is 3.50. The lowest BCUT2D eigenvalue weighted by Crippen LogP contribution is -2.04. The highest BCUT2D eigenvalue weighted by Gasteiger charge is 2.30. The fraction of sp³-hybridized carbons (Fsp3) is 0.182. The molecule has 1 heterocycles. The van der Waals surface area contributed by atoms with Crippen molar-refractivity contribution in [2.45, 2.75) is 12.6 Å². The fourth-order valence-electron chi connectivity index (χ4n) is 1.43. The minimum Gasteiger partial charge on any atom is -0.247 e. The van der Waals surface area contributed by atoms with Gasteiger partial charge in [-0.3, -0.25) is 0 Å². The van der Waals surface area contributed by atoms with E-state index in [4.69, 9.17) is 0 Å². The van der Waals surface area contributed by atoms with Crippen molar-refractivity contribution in [1.82, 2.24) is 4.98 Å². The number of fused-ring (bicyclic) bond motifs is 1. The second-order valence-electron chi connectivity index (χ2n) is 3.44. The Morgan fingerprint density at radius 3 is 2.24 bits per heavy atom. The maximum atomic E-state index is 12.4. The molecule has 0 bridgehead atoms. The van der Waals surface area contributed by atoms with E-state index in [2.05, 4.69) is 4.98 Å². The molecule has 0 atom stereocenters. The third-order valence-electron chi connectivity index (χ3n) is 2.26. The molecule has 90 valence electrons. The average molecular weight is 247 g/mol. The summed E-state index contributed by atoms with van der Waals surface area (Å²) in [7, 11) is 0. The van der Waals surface area contributed by atoms with Crippen molar-refractivity contribution >= 4 is 10.9 Å². The Balaban J connectivity index is 2.59. The maximum absolute atomic E-state index is 12.4. The van der Waals surface area contributed by atoms with Gasteiger partial charge in [-0.05, 0) is 18.2 Å². The lowest BCUT2D eigenvalue weighted by molar-refractivity contribution is -0.137. The maximum Gasteiger partial charge on any atom is 0.416 e. The van der Waals surface area contributed by atoms with Crippen LogP contribution in [0, 0.1) is 0 Å². The number of benzene rings is 1. The summed E-state index contributed by atoms with van der Waals surface area (Å²) in [5.74, 6) is 0. The number of pyridine rings is 1. The molecule has 0 saturated carbocycles. The van der Waals surface area contributed by atoms with E-state index in [1.54, 1.807) is 0 Å². The van der Waals surface area contributed by atoms with Crippen LogP contribution in [0.2, 0.25) is 0 Å². The van der Waals surface area contributed by atoms with Crippen LogP contribution >= 0.6 is 0 Å². The van der Waals surface area contributed by atoms with Gasteiger partial charge in [0.2, 0.25) is 0 Å². The molecule has 0 spiro atoms. The molecule has 1 aromatic carbocycles. The summed E-state index contributed by atoms with van der Waals surface area (Å²) in [6, 6.07) is 5.29. The van der Waals surface area contributed by atoms with Crippen molar-refractivity contribution in [3.05, 3.63) is 41.6 Å². The summed E-state index contributed by atoms with van der Waals surface area (Å²) in [5, 5.41) is 0.391. The molecule has 0 saturated heterocycles. The van der Waals surface area contributed by atoms with E-state index >= 15 is 0 Å². The molecule has 0 N–H and O–H groups in total. The molecule has 6 heteroatoms. The van der Waals surface area contributed by atoms with Crippen LogP contribution in [0.15, 0.2) is 30.3 Å². The Morgan fingerprint density at radius 2 is 1.65 bits per heavy atom. The highest BCUT2D eigenvalue weighted by atomic mass is 19.4. The first-order valence-corrected chi connectivity index (χ1v) is 4.64. The van der Waals surface area contributed by atoms with Gasteiger partial charge in [-0.15, -0.1) is 0 Å². The van der Waals surface area contributed by atoms with Gasteiger partial charge in [-0.25, -0.2) is 13.8 Å². The molecule has 0 aliphatic heterocycles. The Morgan fingerprint density at radius 1 is 1.00 bits per heavy atom. The number of hydrogen-bond acceptors (Lipinski definition) is 1. The zero-order chi connectivity index (χ0) is 12.6. The van der Waals surface area contributed by atoms with Crippen molar-refractivity contribution in [2.24, 2.45) is 0 Å². The number of aromatic nitrogens is 1. The van der Waals surface area contributed by atoms with Gasteiger partial charge in [0.15, 0.2) is 0 Å². The first-order valence-electron chi connectivity index (χ1n) is 4.64. The number of halogens is 5. The topological polar surface area (TPSA) is 12.9 Å². The molecule has 1 aromatic heterocycles. The average Bonchev–Trinajstić information content (AvgIpc) is 2.26. The highest BCUT2D eigenvalue weighted by molar-refractivity contribution is 5.79. The lowest BCUT2D eigenvalue weighted by Gasteiger charge is -2.08. The molecule has 0 unspecified atom stereocenters. The quantitative estimate of drug-likeness (QED) is 0.688. The van der Waals surface area contributed by atoms with E-state index in [1.807, 2.05) is 0 Å². The molecular formula is C11H6F5N. The SMILES string of the molecule is FC(F)c1ccc2ccc(C(F)(F)F)cc2n1. The van der Waals surface area contributed by atoms with Crippen molar-refractivity contribution < 1.29 is 22.0 Å². The van der Waals surface area contributed by atoms with Crippen LogP contribution in [0.5, 0.6) is 0 Å². The monoisotopic (exact) mass is 247 g/mol.